The molecule has 0 unspecified atom stereocenters. The average Bonchev–Trinajstić information content (AvgIpc) is 3.39. The molecule has 19 heteroatoms. The van der Waals surface area contributed by atoms with Crippen LogP contribution in [0.5, 0.6) is 0 Å². The number of nitrogens with zero attached hydrogens (tertiary/aromatic N) is 12. The number of hydrogen-bond donors (Lipinski definition) is 2. The molecule has 2 aliphatic rings. The summed E-state index contributed by atoms with van der Waals surface area (Å²) in [4.78, 5) is 69.2. The molecule has 0 amide bonds. The average molecular weight is 911 g/mol. The number of ether oxygens (including phenoxy) is 1. The second kappa shape index (κ2) is 23.3. The van der Waals surface area contributed by atoms with Crippen LogP contribution < -0.4 is 49.2 Å². The van der Waals surface area contributed by atoms with Gasteiger partial charge < -0.3 is 40.0 Å². The summed E-state index contributed by atoms with van der Waals surface area (Å²) in [6.45, 7) is 6.05. The number of carbonyl (C=O) groups is 2. The summed E-state index contributed by atoms with van der Waals surface area (Å²) < 4.78 is 4.86. The molecule has 10 rings (SSSR count). The molecule has 336 valence electrons. The number of carboxylic acids is 1. The molecule has 2 fully saturated rings. The molecule has 2 aliphatic heterocycles. The summed E-state index contributed by atoms with van der Waals surface area (Å²) >= 11 is 0. The number of carboxylic acid groups (broad SMARTS) is 1. The predicted molar refractivity (Wildman–Crippen MR) is 251 cm³/mol. The number of piperazine rings is 2. The Morgan fingerprint density at radius 2 is 0.866 bits per heavy atom. The van der Waals surface area contributed by atoms with Gasteiger partial charge in [0.05, 0.1) is 40.3 Å². The normalized spacial score (nSPS) is 13.2. The SMILES string of the molecule is CO.COC(=O)c1ccc2nc(-c3ccccc3)c(N3CCN(c4ncccn4)CC3)nc2c1.O=C(O)c1ccc2nc(-c3ccccc3)c(N3CCN(c4ncccn4)CC3)nc2c1.[Na+].[OH-]. The zero-order chi connectivity index (χ0) is 45.1. The zero-order valence-corrected chi connectivity index (χ0v) is 39.3. The summed E-state index contributed by atoms with van der Waals surface area (Å²) in [5.74, 6) is 1.66. The Morgan fingerprint density at radius 3 is 1.25 bits per heavy atom. The van der Waals surface area contributed by atoms with Crippen molar-refractivity contribution in [1.29, 1.82) is 0 Å². The van der Waals surface area contributed by atoms with Crippen LogP contribution in [-0.2, 0) is 4.74 Å². The first-order chi connectivity index (χ1) is 31.9. The number of methoxy groups -OCH3 is 1. The van der Waals surface area contributed by atoms with Crippen molar-refractivity contribution in [2.24, 2.45) is 0 Å². The number of hydrogen-bond acceptors (Lipinski definition) is 17. The van der Waals surface area contributed by atoms with E-state index in [1.807, 2.05) is 78.9 Å². The summed E-state index contributed by atoms with van der Waals surface area (Å²) in [7, 11) is 2.37. The number of aromatic carboxylic acids is 1. The summed E-state index contributed by atoms with van der Waals surface area (Å²) in [6.07, 6.45) is 7.01. The van der Waals surface area contributed by atoms with Crippen molar-refractivity contribution in [1.82, 2.24) is 39.9 Å². The number of aromatic nitrogens is 8. The number of rotatable bonds is 8. The van der Waals surface area contributed by atoms with Gasteiger partial charge in [0, 0.05) is 95.4 Å². The van der Waals surface area contributed by atoms with Crippen molar-refractivity contribution in [2.75, 3.05) is 86.2 Å². The Hall–Kier alpha value is -7.22. The van der Waals surface area contributed by atoms with Crippen LogP contribution in [0.1, 0.15) is 20.7 Å². The maximum Gasteiger partial charge on any atom is 1.00 e. The molecule has 0 atom stereocenters. The van der Waals surface area contributed by atoms with Gasteiger partial charge in [-0.25, -0.2) is 49.5 Å². The summed E-state index contributed by atoms with van der Waals surface area (Å²) in [5, 5.41) is 16.4. The van der Waals surface area contributed by atoms with E-state index in [1.165, 1.54) is 7.11 Å². The van der Waals surface area contributed by atoms with Crippen molar-refractivity contribution in [3.63, 3.8) is 0 Å². The first-order valence-electron chi connectivity index (χ1n) is 21.0. The topological polar surface area (TPSA) is 230 Å². The van der Waals surface area contributed by atoms with Gasteiger partial charge in [0.25, 0.3) is 0 Å². The van der Waals surface area contributed by atoms with Gasteiger partial charge in [-0.05, 0) is 48.5 Å². The predicted octanol–water partition coefficient (Wildman–Crippen LogP) is 2.75. The third kappa shape index (κ3) is 11.4. The van der Waals surface area contributed by atoms with Crippen molar-refractivity contribution >= 4 is 57.5 Å². The first kappa shape index (κ1) is 49.2. The van der Waals surface area contributed by atoms with Crippen LogP contribution in [0.15, 0.2) is 134 Å². The van der Waals surface area contributed by atoms with E-state index in [2.05, 4.69) is 39.5 Å². The largest absolute Gasteiger partial charge is 1.00 e. The van der Waals surface area contributed by atoms with E-state index in [4.69, 9.17) is 29.8 Å². The van der Waals surface area contributed by atoms with Crippen LogP contribution in [-0.4, -0.2) is 134 Å². The molecule has 6 heterocycles. The van der Waals surface area contributed by atoms with Crippen LogP contribution in [0.4, 0.5) is 23.5 Å². The fourth-order valence-electron chi connectivity index (χ4n) is 7.63. The minimum atomic E-state index is -0.978. The van der Waals surface area contributed by atoms with Gasteiger partial charge in [0.1, 0.15) is 11.4 Å². The Bertz CT molecular complexity index is 2880. The number of benzene rings is 4. The maximum absolute atomic E-state index is 12.0. The third-order valence-electron chi connectivity index (χ3n) is 10.9. The number of aliphatic hydroxyl groups is 1. The molecule has 0 spiro atoms. The molecular weight excluding hydrogens is 864 g/mol. The molecule has 8 aromatic rings. The second-order valence-corrected chi connectivity index (χ2v) is 14.8. The Labute approximate surface area is 408 Å². The van der Waals surface area contributed by atoms with E-state index in [9.17, 15) is 14.7 Å². The van der Waals surface area contributed by atoms with Crippen molar-refractivity contribution in [3.05, 3.63) is 145 Å². The van der Waals surface area contributed by atoms with Crippen LogP contribution >= 0.6 is 0 Å². The van der Waals surface area contributed by atoms with E-state index < -0.39 is 5.97 Å². The summed E-state index contributed by atoms with van der Waals surface area (Å²) in [5.41, 5.74) is 6.89. The van der Waals surface area contributed by atoms with E-state index in [1.54, 1.807) is 55.1 Å². The van der Waals surface area contributed by atoms with Gasteiger partial charge in [-0.3, -0.25) is 0 Å². The fourth-order valence-corrected chi connectivity index (χ4v) is 7.63. The molecule has 4 aromatic heterocycles. The molecule has 3 N–H and O–H groups in total. The van der Waals surface area contributed by atoms with Crippen LogP contribution in [0.3, 0.4) is 0 Å². The van der Waals surface area contributed by atoms with Gasteiger partial charge in [-0.2, -0.15) is 0 Å². The molecule has 67 heavy (non-hydrogen) atoms. The van der Waals surface area contributed by atoms with Crippen molar-refractivity contribution < 1.29 is 59.6 Å². The first-order valence-corrected chi connectivity index (χ1v) is 21.0. The molecule has 2 saturated heterocycles. The summed E-state index contributed by atoms with van der Waals surface area (Å²) in [6, 6.07) is 33.8. The van der Waals surface area contributed by atoms with E-state index >= 15 is 0 Å². The van der Waals surface area contributed by atoms with Crippen LogP contribution in [0.2, 0.25) is 0 Å². The Morgan fingerprint density at radius 1 is 0.493 bits per heavy atom. The smallest absolute Gasteiger partial charge is 0.870 e. The molecular formula is C48H47N12NaO6. The van der Waals surface area contributed by atoms with Gasteiger partial charge >= 0.3 is 41.5 Å². The Balaban J connectivity index is 0.000000207. The minimum Gasteiger partial charge on any atom is -0.870 e. The fraction of sp³-hybridized carbons (Fsp3) is 0.208. The second-order valence-electron chi connectivity index (χ2n) is 14.8. The number of aliphatic hydroxyl groups excluding tert-OH is 1. The van der Waals surface area contributed by atoms with Gasteiger partial charge in [0.15, 0.2) is 11.6 Å². The maximum atomic E-state index is 12.0. The van der Waals surface area contributed by atoms with Gasteiger partial charge in [-0.1, -0.05) is 60.7 Å². The van der Waals surface area contributed by atoms with Crippen LogP contribution in [0, 0.1) is 0 Å². The molecule has 0 radical (unpaired) electrons. The number of fused-ring (bicyclic) bond motifs is 2. The number of anilines is 4. The van der Waals surface area contributed by atoms with E-state index in [0.717, 1.165) is 111 Å². The molecule has 0 saturated carbocycles. The molecule has 0 bridgehead atoms. The van der Waals surface area contributed by atoms with Crippen molar-refractivity contribution in [3.8, 4) is 22.5 Å². The van der Waals surface area contributed by atoms with Gasteiger partial charge in [0.2, 0.25) is 11.9 Å². The van der Waals surface area contributed by atoms with E-state index in [-0.39, 0.29) is 46.6 Å². The minimum absolute atomic E-state index is 0. The standard InChI is InChI=1S/C24H22N6O2.C23H20N6O2.CH4O.Na.H2O/c1-32-23(31)18-8-9-19-20(16-18)28-22(21(27-19)17-6-3-2-4-7-17)29-12-14-30(15-13-29)24-25-10-5-11-26-24;30-22(31)17-7-8-18-19(15-17)27-21(20(26-18)16-5-2-1-3-6-16)28-11-13-29(14-12-28)23-24-9-4-10-25-23;1-2;;/h2-11,16H,12-15H2,1H3;1-10,15H,11-14H2,(H,30,31);2H,1H3;;1H2/q;;;+1;/p-1. The third-order valence-corrected chi connectivity index (χ3v) is 10.9. The number of carbonyl (C=O) groups excluding carboxylic acids is 1. The van der Waals surface area contributed by atoms with Crippen molar-refractivity contribution in [2.45, 2.75) is 0 Å². The van der Waals surface area contributed by atoms with Gasteiger partial charge in [-0.15, -0.1) is 0 Å². The monoisotopic (exact) mass is 910 g/mol. The zero-order valence-electron chi connectivity index (χ0n) is 37.3. The number of esters is 1. The molecule has 0 aliphatic carbocycles. The molecule has 18 nitrogen and oxygen atoms in total. The van der Waals surface area contributed by atoms with Crippen LogP contribution in [0.25, 0.3) is 44.6 Å². The molecule has 4 aromatic carbocycles. The Kier molecular flexibility index (Phi) is 17.1. The van der Waals surface area contributed by atoms with E-state index in [0.29, 0.717) is 22.1 Å². The quantitative estimate of drug-likeness (QED) is 0.165.